The van der Waals surface area contributed by atoms with Crippen LogP contribution in [0.25, 0.3) is 10.9 Å². The van der Waals surface area contributed by atoms with Crippen LogP contribution in [0.5, 0.6) is 0 Å². The third-order valence-electron chi connectivity index (χ3n) is 7.26. The first kappa shape index (κ1) is 23.2. The Morgan fingerprint density at radius 3 is 1.57 bits per heavy atom. The van der Waals surface area contributed by atoms with E-state index in [-0.39, 0.29) is 5.91 Å². The first-order valence-electron chi connectivity index (χ1n) is 12.6. The third kappa shape index (κ3) is 4.31. The molecular formula is C34H28NOP. The molecule has 6 rings (SSSR count). The normalized spacial score (nSPS) is 11.9. The average molecular weight is 498 g/mol. The van der Waals surface area contributed by atoms with Gasteiger partial charge < -0.3 is 0 Å². The van der Waals surface area contributed by atoms with Crippen molar-refractivity contribution in [3.63, 3.8) is 0 Å². The molecular weight excluding hydrogens is 469 g/mol. The van der Waals surface area contributed by atoms with Gasteiger partial charge in [-0.05, 0) is 0 Å². The summed E-state index contributed by atoms with van der Waals surface area (Å²) in [6, 6.07) is 51.0. The van der Waals surface area contributed by atoms with Gasteiger partial charge in [0.1, 0.15) is 0 Å². The second-order valence-corrected chi connectivity index (χ2v) is 13.3. The van der Waals surface area contributed by atoms with Gasteiger partial charge in [0, 0.05) is 0 Å². The molecule has 0 saturated heterocycles. The molecule has 0 aliphatic carbocycles. The fraction of sp³-hybridized carbons (Fsp3) is 0.0294. The molecule has 0 spiro atoms. The Balaban J connectivity index is 1.48. The summed E-state index contributed by atoms with van der Waals surface area (Å²) in [5, 5.41) is 5.26. The Hall–Kier alpha value is -4.26. The van der Waals surface area contributed by atoms with Gasteiger partial charge in [0.2, 0.25) is 0 Å². The minimum absolute atomic E-state index is 0.00933. The van der Waals surface area contributed by atoms with Gasteiger partial charge in [-0.3, -0.25) is 0 Å². The van der Waals surface area contributed by atoms with Crippen LogP contribution < -0.4 is 15.9 Å². The van der Waals surface area contributed by atoms with Crippen molar-refractivity contribution in [1.82, 2.24) is 4.57 Å². The molecule has 37 heavy (non-hydrogen) atoms. The molecule has 1 heterocycles. The molecule has 2 nitrogen and oxygen atoms in total. The average Bonchev–Trinajstić information content (AvgIpc) is 3.40. The van der Waals surface area contributed by atoms with E-state index in [1.807, 2.05) is 36.5 Å². The van der Waals surface area contributed by atoms with Crippen LogP contribution in [0, 0.1) is 0 Å². The number of carbonyl (C=O) groups is 1. The molecule has 0 atom stereocenters. The Labute approximate surface area is 218 Å². The summed E-state index contributed by atoms with van der Waals surface area (Å²) in [6.07, 6.45) is 2.82. The summed E-state index contributed by atoms with van der Waals surface area (Å²) in [4.78, 5) is 13.2. The zero-order chi connectivity index (χ0) is 25.1. The number of carbonyl (C=O) groups excluding carboxylic acids is 1. The van der Waals surface area contributed by atoms with Crippen molar-refractivity contribution in [2.75, 3.05) is 0 Å². The van der Waals surface area contributed by atoms with Gasteiger partial charge in [0.25, 0.3) is 0 Å². The van der Waals surface area contributed by atoms with Gasteiger partial charge in [-0.15, -0.1) is 0 Å². The molecule has 0 radical (unpaired) electrons. The van der Waals surface area contributed by atoms with Crippen LogP contribution in [-0.4, -0.2) is 10.5 Å². The molecule has 0 aliphatic rings. The van der Waals surface area contributed by atoms with Crippen molar-refractivity contribution >= 4 is 40.0 Å². The molecule has 0 aliphatic heterocycles. The first-order valence-corrected chi connectivity index (χ1v) is 14.8. The predicted octanol–water partition coefficient (Wildman–Crippen LogP) is 6.56. The Morgan fingerprint density at radius 2 is 1.05 bits per heavy atom. The van der Waals surface area contributed by atoms with Crippen LogP contribution in [-0.2, 0) is 6.16 Å². The van der Waals surface area contributed by atoms with E-state index in [2.05, 4.69) is 115 Å². The number of rotatable bonds is 6. The van der Waals surface area contributed by atoms with Gasteiger partial charge in [-0.1, -0.05) is 0 Å². The van der Waals surface area contributed by atoms with Crippen molar-refractivity contribution in [2.45, 2.75) is 6.16 Å². The fourth-order valence-corrected chi connectivity index (χ4v) is 10.2. The van der Waals surface area contributed by atoms with Crippen molar-refractivity contribution < 1.29 is 4.79 Å². The Kier molecular flexibility index (Phi) is 6.26. The molecule has 0 bridgehead atoms. The van der Waals surface area contributed by atoms with Gasteiger partial charge in [-0.25, -0.2) is 0 Å². The van der Waals surface area contributed by atoms with E-state index < -0.39 is 7.26 Å². The van der Waals surface area contributed by atoms with Crippen LogP contribution in [0.1, 0.15) is 15.9 Å². The SMILES string of the molecule is O=C(c1ccccc1)n1ccc2cc(C[PH](c3ccccc3)(c3ccccc3)c3ccccc3)ccc21. The second-order valence-electron chi connectivity index (χ2n) is 9.43. The van der Waals surface area contributed by atoms with Crippen molar-refractivity contribution in [2.24, 2.45) is 0 Å². The summed E-state index contributed by atoms with van der Waals surface area (Å²) < 4.78 is 1.75. The third-order valence-corrected chi connectivity index (χ3v) is 12.2. The van der Waals surface area contributed by atoms with Gasteiger partial charge in [-0.2, -0.15) is 0 Å². The maximum absolute atomic E-state index is 13.2. The second kappa shape index (κ2) is 10.0. The van der Waals surface area contributed by atoms with E-state index in [1.54, 1.807) is 4.57 Å². The van der Waals surface area contributed by atoms with Crippen LogP contribution in [0.4, 0.5) is 0 Å². The maximum atomic E-state index is 13.2. The summed E-state index contributed by atoms with van der Waals surface area (Å²) >= 11 is 0. The summed E-state index contributed by atoms with van der Waals surface area (Å²) in [6.45, 7) is 0. The summed E-state index contributed by atoms with van der Waals surface area (Å²) in [5.41, 5.74) is 2.90. The van der Waals surface area contributed by atoms with Gasteiger partial charge >= 0.3 is 218 Å². The van der Waals surface area contributed by atoms with E-state index in [0.29, 0.717) is 5.56 Å². The number of hydrogen-bond donors (Lipinski definition) is 0. The quantitative estimate of drug-likeness (QED) is 0.239. The van der Waals surface area contributed by atoms with Crippen LogP contribution in [0.2, 0.25) is 0 Å². The van der Waals surface area contributed by atoms with E-state index >= 15 is 0 Å². The molecule has 0 saturated carbocycles. The summed E-state index contributed by atoms with van der Waals surface area (Å²) in [7, 11) is -2.39. The van der Waals surface area contributed by atoms with Crippen molar-refractivity contribution in [3.8, 4) is 0 Å². The van der Waals surface area contributed by atoms with Crippen LogP contribution in [0.3, 0.4) is 0 Å². The topological polar surface area (TPSA) is 22.0 Å². The molecule has 6 aromatic rings. The van der Waals surface area contributed by atoms with E-state index in [9.17, 15) is 4.79 Å². The zero-order valence-electron chi connectivity index (χ0n) is 20.5. The predicted molar refractivity (Wildman–Crippen MR) is 158 cm³/mol. The monoisotopic (exact) mass is 497 g/mol. The Bertz CT molecular complexity index is 1550. The van der Waals surface area contributed by atoms with Gasteiger partial charge in [0.05, 0.1) is 0 Å². The zero-order valence-corrected chi connectivity index (χ0v) is 21.5. The molecule has 0 amide bonds. The van der Waals surface area contributed by atoms with E-state index in [1.165, 1.54) is 21.5 Å². The van der Waals surface area contributed by atoms with Crippen molar-refractivity contribution in [1.29, 1.82) is 0 Å². The van der Waals surface area contributed by atoms with Crippen LogP contribution >= 0.6 is 7.26 Å². The number of fused-ring (bicyclic) bond motifs is 1. The fourth-order valence-electron chi connectivity index (χ4n) is 5.48. The minimum atomic E-state index is -2.39. The molecule has 0 N–H and O–H groups in total. The van der Waals surface area contributed by atoms with Crippen molar-refractivity contribution in [3.05, 3.63) is 163 Å². The van der Waals surface area contributed by atoms with Gasteiger partial charge in [0.15, 0.2) is 0 Å². The molecule has 0 fully saturated rings. The molecule has 5 aromatic carbocycles. The molecule has 180 valence electrons. The summed E-state index contributed by atoms with van der Waals surface area (Å²) in [5.74, 6) is -0.00933. The number of nitrogens with zero attached hydrogens (tertiary/aromatic N) is 1. The van der Waals surface area contributed by atoms with Crippen LogP contribution in [0.15, 0.2) is 152 Å². The number of benzene rings is 5. The first-order chi connectivity index (χ1) is 18.3. The number of aromatic nitrogens is 1. The van der Waals surface area contributed by atoms with E-state index in [0.717, 1.165) is 17.1 Å². The molecule has 1 aromatic heterocycles. The molecule has 0 unspecified atom stereocenters. The van der Waals surface area contributed by atoms with E-state index in [4.69, 9.17) is 0 Å². The number of hydrogen-bond acceptors (Lipinski definition) is 1. The Morgan fingerprint density at radius 1 is 0.568 bits per heavy atom. The standard InChI is InChI=1S/C34H28NOP/c36-34(28-13-5-1-6-14-28)35-24-23-29-25-27(21-22-33(29)35)26-37(30-15-7-2-8-16-30,31-17-9-3-10-18-31)32-19-11-4-12-20-32/h1-25,37H,26H2. The molecule has 3 heteroatoms.